The van der Waals surface area contributed by atoms with Crippen molar-refractivity contribution in [2.24, 2.45) is 0 Å². The number of nitrogens with zero attached hydrogens (tertiary/aromatic N) is 2. The van der Waals surface area contributed by atoms with Crippen molar-refractivity contribution in [1.82, 2.24) is 4.31 Å². The van der Waals surface area contributed by atoms with Gasteiger partial charge in [-0.25, -0.2) is 8.42 Å². The van der Waals surface area contributed by atoms with E-state index in [-0.39, 0.29) is 10.6 Å². The number of rotatable bonds is 5. The van der Waals surface area contributed by atoms with Crippen LogP contribution < -0.4 is 4.90 Å². The first kappa shape index (κ1) is 15.6. The number of benzene rings is 1. The van der Waals surface area contributed by atoms with E-state index in [9.17, 15) is 18.5 Å². The van der Waals surface area contributed by atoms with Crippen molar-refractivity contribution >= 4 is 15.7 Å². The lowest BCUT2D eigenvalue weighted by Gasteiger charge is -2.30. The van der Waals surface area contributed by atoms with Crippen LogP contribution >= 0.6 is 0 Å². The van der Waals surface area contributed by atoms with Crippen molar-refractivity contribution in [3.63, 3.8) is 0 Å². The second-order valence-corrected chi connectivity index (χ2v) is 6.78. The molecule has 0 radical (unpaired) electrons. The Hall–Kier alpha value is -1.77. The van der Waals surface area contributed by atoms with Gasteiger partial charge in [0.2, 0.25) is 10.0 Å². The van der Waals surface area contributed by atoms with Crippen LogP contribution in [0.15, 0.2) is 41.8 Å². The molecule has 1 aliphatic heterocycles. The zero-order chi connectivity index (χ0) is 15.5. The minimum atomic E-state index is -3.82. The van der Waals surface area contributed by atoms with Gasteiger partial charge >= 0.3 is 0 Å². The van der Waals surface area contributed by atoms with E-state index in [4.69, 9.17) is 0 Å². The first-order valence-corrected chi connectivity index (χ1v) is 8.09. The molecule has 0 unspecified atom stereocenters. The van der Waals surface area contributed by atoms with Crippen molar-refractivity contribution in [3.8, 4) is 0 Å². The fraction of sp³-hybridized carbons (Fsp3) is 0.385. The molecule has 8 heteroatoms. The van der Waals surface area contributed by atoms with E-state index in [0.29, 0.717) is 26.2 Å². The molecule has 1 aromatic carbocycles. The first-order chi connectivity index (χ1) is 9.96. The van der Waals surface area contributed by atoms with E-state index in [1.54, 1.807) is 0 Å². The van der Waals surface area contributed by atoms with Crippen molar-refractivity contribution < 1.29 is 18.2 Å². The predicted molar refractivity (Wildman–Crippen MR) is 77.6 cm³/mol. The monoisotopic (exact) mass is 312 g/mol. The summed E-state index contributed by atoms with van der Waals surface area (Å²) in [5.74, 6) is 0. The molecule has 1 fully saturated rings. The third kappa shape index (κ3) is 3.29. The second kappa shape index (κ2) is 6.33. The maximum atomic E-state index is 12.6. The third-order valence-electron chi connectivity index (χ3n) is 3.54. The van der Waals surface area contributed by atoms with Crippen molar-refractivity contribution in [2.75, 3.05) is 32.7 Å². The Balaban J connectivity index is 2.24. The Morgan fingerprint density at radius 1 is 1.33 bits per heavy atom. The molecule has 0 aromatic heterocycles. The largest absolute Gasteiger partial charge is 0.330 e. The number of hydrogen-bond acceptors (Lipinski definition) is 4. The van der Waals surface area contributed by atoms with Gasteiger partial charge in [0, 0.05) is 6.07 Å². The maximum Gasteiger partial charge on any atom is 0.289 e. The Kier molecular flexibility index (Phi) is 4.71. The standard InChI is InChI=1S/C13H17N3O4S/c1-2-7-14-8-10-15(11-9-14)21(19,20)13-6-4-3-5-12(13)16(17)18/h2-6H,1,7-11H2/p+1. The molecular formula is C13H18N3O4S+. The lowest BCUT2D eigenvalue weighted by atomic mass is 10.3. The normalized spacial score (nSPS) is 17.5. The molecule has 0 amide bonds. The van der Waals surface area contributed by atoms with Gasteiger partial charge in [-0.1, -0.05) is 18.7 Å². The third-order valence-corrected chi connectivity index (χ3v) is 5.49. The summed E-state index contributed by atoms with van der Waals surface area (Å²) in [6, 6.07) is 5.46. The summed E-state index contributed by atoms with van der Waals surface area (Å²) < 4.78 is 26.5. The summed E-state index contributed by atoms with van der Waals surface area (Å²) in [4.78, 5) is 11.4. The minimum Gasteiger partial charge on any atom is -0.330 e. The molecular weight excluding hydrogens is 294 g/mol. The highest BCUT2D eigenvalue weighted by Gasteiger charge is 2.34. The van der Waals surface area contributed by atoms with Crippen molar-refractivity contribution in [1.29, 1.82) is 0 Å². The fourth-order valence-corrected chi connectivity index (χ4v) is 4.02. The van der Waals surface area contributed by atoms with E-state index in [1.165, 1.54) is 33.5 Å². The summed E-state index contributed by atoms with van der Waals surface area (Å²) in [6.07, 6.45) is 1.81. The zero-order valence-electron chi connectivity index (χ0n) is 11.6. The average molecular weight is 312 g/mol. The number of nitrogens with one attached hydrogen (secondary N) is 1. The van der Waals surface area contributed by atoms with Gasteiger partial charge in [-0.2, -0.15) is 4.31 Å². The lowest BCUT2D eigenvalue weighted by Crippen LogP contribution is -3.14. The Morgan fingerprint density at radius 3 is 2.52 bits per heavy atom. The molecule has 1 aromatic rings. The number of para-hydroxylation sites is 1. The summed E-state index contributed by atoms with van der Waals surface area (Å²) in [6.45, 7) is 6.53. The van der Waals surface area contributed by atoms with Gasteiger partial charge in [0.1, 0.15) is 0 Å². The van der Waals surface area contributed by atoms with E-state index >= 15 is 0 Å². The lowest BCUT2D eigenvalue weighted by molar-refractivity contribution is -0.897. The minimum absolute atomic E-state index is 0.234. The van der Waals surface area contributed by atoms with E-state index in [0.717, 1.165) is 6.54 Å². The highest BCUT2D eigenvalue weighted by atomic mass is 32.2. The predicted octanol–water partition coefficient (Wildman–Crippen LogP) is -0.330. The molecule has 0 bridgehead atoms. The molecule has 0 saturated carbocycles. The molecule has 2 rings (SSSR count). The molecule has 0 atom stereocenters. The van der Waals surface area contributed by atoms with Crippen LogP contribution in [0.5, 0.6) is 0 Å². The SMILES string of the molecule is C=CC[NH+]1CCN(S(=O)(=O)c2ccccc2[N+](=O)[O-])CC1. The van der Waals surface area contributed by atoms with Crippen LogP contribution in [0.3, 0.4) is 0 Å². The Bertz CT molecular complexity index is 637. The summed E-state index contributed by atoms with van der Waals surface area (Å²) in [7, 11) is -3.82. The molecule has 1 aliphatic rings. The summed E-state index contributed by atoms with van der Waals surface area (Å²) in [5.41, 5.74) is -0.377. The number of sulfonamides is 1. The number of hydrogen-bond donors (Lipinski definition) is 1. The van der Waals surface area contributed by atoms with Crippen LogP contribution in [0.1, 0.15) is 0 Å². The van der Waals surface area contributed by atoms with Crippen LogP contribution in [0.25, 0.3) is 0 Å². The van der Waals surface area contributed by atoms with Crippen molar-refractivity contribution in [2.45, 2.75) is 4.90 Å². The zero-order valence-corrected chi connectivity index (χ0v) is 12.4. The van der Waals surface area contributed by atoms with E-state index < -0.39 is 14.9 Å². The van der Waals surface area contributed by atoms with Gasteiger partial charge in [0.25, 0.3) is 5.69 Å². The molecule has 0 spiro atoms. The second-order valence-electron chi connectivity index (χ2n) is 4.87. The first-order valence-electron chi connectivity index (χ1n) is 6.65. The van der Waals surface area contributed by atoms with Crippen LogP contribution in [0, 0.1) is 10.1 Å². The maximum absolute atomic E-state index is 12.6. The topological polar surface area (TPSA) is 85.0 Å². The van der Waals surface area contributed by atoms with Crippen LogP contribution in [-0.2, 0) is 10.0 Å². The average Bonchev–Trinajstić information content (AvgIpc) is 2.48. The van der Waals surface area contributed by atoms with Gasteiger partial charge in [-0.15, -0.1) is 0 Å². The molecule has 21 heavy (non-hydrogen) atoms. The molecule has 0 aliphatic carbocycles. The van der Waals surface area contributed by atoms with E-state index in [2.05, 4.69) is 6.58 Å². The summed E-state index contributed by atoms with van der Waals surface area (Å²) >= 11 is 0. The van der Waals surface area contributed by atoms with Crippen molar-refractivity contribution in [3.05, 3.63) is 47.0 Å². The van der Waals surface area contributed by atoms with Gasteiger partial charge in [-0.05, 0) is 12.1 Å². The smallest absolute Gasteiger partial charge is 0.289 e. The highest BCUT2D eigenvalue weighted by molar-refractivity contribution is 7.89. The molecule has 1 heterocycles. The van der Waals surface area contributed by atoms with Crippen LogP contribution in [0.4, 0.5) is 5.69 Å². The Morgan fingerprint density at radius 2 is 1.95 bits per heavy atom. The van der Waals surface area contributed by atoms with Crippen LogP contribution in [0.2, 0.25) is 0 Å². The number of nitro benzene ring substituents is 1. The quantitative estimate of drug-likeness (QED) is 0.458. The van der Waals surface area contributed by atoms with E-state index in [1.807, 2.05) is 6.08 Å². The molecule has 1 saturated heterocycles. The number of quaternary nitrogens is 1. The molecule has 1 N–H and O–H groups in total. The Labute approximate surface area is 123 Å². The van der Waals surface area contributed by atoms with Crippen LogP contribution in [-0.4, -0.2) is 50.4 Å². The highest BCUT2D eigenvalue weighted by Crippen LogP contribution is 2.26. The molecule has 7 nitrogen and oxygen atoms in total. The van der Waals surface area contributed by atoms with Gasteiger partial charge in [0.05, 0.1) is 37.6 Å². The van der Waals surface area contributed by atoms with Gasteiger partial charge in [0.15, 0.2) is 4.90 Å². The van der Waals surface area contributed by atoms with Gasteiger partial charge in [-0.3, -0.25) is 10.1 Å². The summed E-state index contributed by atoms with van der Waals surface area (Å²) in [5, 5.41) is 11.0. The fourth-order valence-electron chi connectivity index (χ4n) is 2.42. The number of nitro groups is 1. The number of piperazine rings is 1. The van der Waals surface area contributed by atoms with Gasteiger partial charge < -0.3 is 4.90 Å². The molecule has 114 valence electrons.